The van der Waals surface area contributed by atoms with E-state index in [1.165, 1.54) is 12.8 Å². The lowest BCUT2D eigenvalue weighted by Crippen LogP contribution is -2.52. The van der Waals surface area contributed by atoms with Gasteiger partial charge in [-0.2, -0.15) is 0 Å². The van der Waals surface area contributed by atoms with Crippen LogP contribution in [0.4, 0.5) is 0 Å². The Hall–Kier alpha value is -1.95. The van der Waals surface area contributed by atoms with Gasteiger partial charge in [0.15, 0.2) is 11.5 Å². The van der Waals surface area contributed by atoms with Crippen LogP contribution in [0.5, 0.6) is 17.2 Å². The van der Waals surface area contributed by atoms with E-state index in [4.69, 9.17) is 14.2 Å². The summed E-state index contributed by atoms with van der Waals surface area (Å²) in [5.41, 5.74) is 0.526. The molecular weight excluding hydrogens is 344 g/mol. The Bertz CT molecular complexity index is 668. The first kappa shape index (κ1) is 19.8. The van der Waals surface area contributed by atoms with E-state index in [0.717, 1.165) is 25.9 Å². The second kappa shape index (κ2) is 8.38. The van der Waals surface area contributed by atoms with Gasteiger partial charge in [-0.15, -0.1) is 0 Å². The second-order valence-electron chi connectivity index (χ2n) is 7.65. The standard InChI is InChI=1S/C21H32N2O4/c1-14-8-9-15(2)23(14)16-7-6-12-22(13-16)21(24)17-10-11-18(25-3)20(27-5)19(17)26-4/h10-11,14-16H,6-9,12-13H2,1-5H3. The summed E-state index contributed by atoms with van der Waals surface area (Å²) in [6, 6.07) is 5.15. The number of carbonyl (C=O) groups is 1. The van der Waals surface area contributed by atoms with Crippen molar-refractivity contribution in [3.05, 3.63) is 17.7 Å². The van der Waals surface area contributed by atoms with Crippen molar-refractivity contribution in [1.29, 1.82) is 0 Å². The van der Waals surface area contributed by atoms with Gasteiger partial charge >= 0.3 is 0 Å². The summed E-state index contributed by atoms with van der Waals surface area (Å²) >= 11 is 0. The fourth-order valence-corrected chi connectivity index (χ4v) is 4.76. The van der Waals surface area contributed by atoms with Crippen LogP contribution < -0.4 is 14.2 Å². The van der Waals surface area contributed by atoms with Gasteiger partial charge < -0.3 is 19.1 Å². The zero-order chi connectivity index (χ0) is 19.6. The summed E-state index contributed by atoms with van der Waals surface area (Å²) in [6.07, 6.45) is 4.67. The van der Waals surface area contributed by atoms with Crippen molar-refractivity contribution in [2.75, 3.05) is 34.4 Å². The highest BCUT2D eigenvalue weighted by atomic mass is 16.5. The quantitative estimate of drug-likeness (QED) is 0.790. The smallest absolute Gasteiger partial charge is 0.257 e. The van der Waals surface area contributed by atoms with E-state index in [0.29, 0.717) is 40.9 Å². The lowest BCUT2D eigenvalue weighted by molar-refractivity contribution is 0.0484. The maximum atomic E-state index is 13.3. The van der Waals surface area contributed by atoms with Gasteiger partial charge in [-0.1, -0.05) is 0 Å². The van der Waals surface area contributed by atoms with Crippen LogP contribution in [-0.2, 0) is 0 Å². The molecule has 2 aliphatic heterocycles. The molecule has 150 valence electrons. The molecule has 2 fully saturated rings. The molecule has 2 saturated heterocycles. The minimum Gasteiger partial charge on any atom is -0.493 e. The SMILES string of the molecule is COc1ccc(C(=O)N2CCCC(N3C(C)CCC3C)C2)c(OC)c1OC. The van der Waals surface area contributed by atoms with Gasteiger partial charge in [0.1, 0.15) is 0 Å². The van der Waals surface area contributed by atoms with Crippen LogP contribution in [0.25, 0.3) is 0 Å². The normalized spacial score (nSPS) is 26.1. The number of nitrogens with zero attached hydrogens (tertiary/aromatic N) is 2. The number of methoxy groups -OCH3 is 3. The molecule has 0 bridgehead atoms. The van der Waals surface area contributed by atoms with Gasteiger partial charge in [0.2, 0.25) is 5.75 Å². The third-order valence-electron chi connectivity index (χ3n) is 6.06. The van der Waals surface area contributed by atoms with Crippen LogP contribution in [0.1, 0.15) is 49.9 Å². The topological polar surface area (TPSA) is 51.2 Å². The molecule has 3 rings (SSSR count). The van der Waals surface area contributed by atoms with Crippen LogP contribution in [0.3, 0.4) is 0 Å². The molecule has 1 amide bonds. The van der Waals surface area contributed by atoms with E-state index < -0.39 is 0 Å². The minimum atomic E-state index is -0.00277. The van der Waals surface area contributed by atoms with Crippen LogP contribution in [0, 0.1) is 0 Å². The van der Waals surface area contributed by atoms with Gasteiger partial charge in [-0.25, -0.2) is 0 Å². The molecule has 0 spiro atoms. The first-order valence-electron chi connectivity index (χ1n) is 9.87. The summed E-state index contributed by atoms with van der Waals surface area (Å²) in [6.45, 7) is 6.16. The third-order valence-corrected chi connectivity index (χ3v) is 6.06. The number of carbonyl (C=O) groups excluding carboxylic acids is 1. The van der Waals surface area contributed by atoms with Crippen LogP contribution in [-0.4, -0.2) is 68.3 Å². The van der Waals surface area contributed by atoms with Gasteiger partial charge in [0.05, 0.1) is 26.9 Å². The Labute approximate surface area is 162 Å². The summed E-state index contributed by atoms with van der Waals surface area (Å²) < 4.78 is 16.3. The molecule has 0 N–H and O–H groups in total. The molecule has 6 nitrogen and oxygen atoms in total. The highest BCUT2D eigenvalue weighted by molar-refractivity contribution is 5.98. The Morgan fingerprint density at radius 2 is 1.63 bits per heavy atom. The summed E-state index contributed by atoms with van der Waals surface area (Å²) in [7, 11) is 4.69. The van der Waals surface area contributed by atoms with E-state index in [-0.39, 0.29) is 5.91 Å². The molecule has 2 aliphatic rings. The van der Waals surface area contributed by atoms with Gasteiger partial charge in [0.25, 0.3) is 5.91 Å². The predicted molar refractivity (Wildman–Crippen MR) is 105 cm³/mol. The zero-order valence-electron chi connectivity index (χ0n) is 17.2. The first-order chi connectivity index (χ1) is 13.0. The van der Waals surface area contributed by atoms with E-state index in [9.17, 15) is 4.79 Å². The van der Waals surface area contributed by atoms with Crippen molar-refractivity contribution in [3.63, 3.8) is 0 Å². The van der Waals surface area contributed by atoms with Gasteiger partial charge in [-0.3, -0.25) is 9.69 Å². The highest BCUT2D eigenvalue weighted by Crippen LogP contribution is 2.40. The average Bonchev–Trinajstić information content (AvgIpc) is 3.04. The fourth-order valence-electron chi connectivity index (χ4n) is 4.76. The molecular formula is C21H32N2O4. The third kappa shape index (κ3) is 3.72. The highest BCUT2D eigenvalue weighted by Gasteiger charge is 2.37. The summed E-state index contributed by atoms with van der Waals surface area (Å²) in [4.78, 5) is 17.9. The molecule has 3 unspecified atom stereocenters. The number of hydrogen-bond donors (Lipinski definition) is 0. The first-order valence-corrected chi connectivity index (χ1v) is 9.87. The lowest BCUT2D eigenvalue weighted by atomic mass is 10.0. The molecule has 27 heavy (non-hydrogen) atoms. The number of amides is 1. The predicted octanol–water partition coefficient (Wildman–Crippen LogP) is 3.19. The number of ether oxygens (including phenoxy) is 3. The van der Waals surface area contributed by atoms with Crippen molar-refractivity contribution in [2.45, 2.75) is 57.7 Å². The summed E-state index contributed by atoms with van der Waals surface area (Å²) in [5, 5.41) is 0. The molecule has 0 saturated carbocycles. The van der Waals surface area contributed by atoms with E-state index in [1.807, 2.05) is 4.90 Å². The molecule has 0 aromatic heterocycles. The zero-order valence-corrected chi connectivity index (χ0v) is 17.2. The van der Waals surface area contributed by atoms with Gasteiger partial charge in [-0.05, 0) is 51.7 Å². The second-order valence-corrected chi connectivity index (χ2v) is 7.65. The molecule has 3 atom stereocenters. The maximum Gasteiger partial charge on any atom is 0.257 e. The van der Waals surface area contributed by atoms with Crippen molar-refractivity contribution in [3.8, 4) is 17.2 Å². The number of hydrogen-bond acceptors (Lipinski definition) is 5. The number of rotatable bonds is 5. The van der Waals surface area contributed by atoms with Crippen molar-refractivity contribution in [1.82, 2.24) is 9.80 Å². The number of piperidine rings is 1. The Morgan fingerprint density at radius 3 is 2.22 bits per heavy atom. The Morgan fingerprint density at radius 1 is 0.963 bits per heavy atom. The molecule has 0 radical (unpaired) electrons. The van der Waals surface area contributed by atoms with E-state index >= 15 is 0 Å². The van der Waals surface area contributed by atoms with E-state index in [1.54, 1.807) is 33.5 Å². The number of likely N-dealkylation sites (tertiary alicyclic amines) is 2. The summed E-state index contributed by atoms with van der Waals surface area (Å²) in [5.74, 6) is 1.45. The fraction of sp³-hybridized carbons (Fsp3) is 0.667. The van der Waals surface area contributed by atoms with Crippen LogP contribution >= 0.6 is 0 Å². The van der Waals surface area contributed by atoms with Gasteiger partial charge in [0, 0.05) is 31.2 Å². The maximum absolute atomic E-state index is 13.3. The Balaban J connectivity index is 1.83. The van der Waals surface area contributed by atoms with Crippen molar-refractivity contribution >= 4 is 5.91 Å². The largest absolute Gasteiger partial charge is 0.493 e. The molecule has 6 heteroatoms. The van der Waals surface area contributed by atoms with Crippen LogP contribution in [0.2, 0.25) is 0 Å². The van der Waals surface area contributed by atoms with Crippen LogP contribution in [0.15, 0.2) is 12.1 Å². The minimum absolute atomic E-state index is 0.00277. The molecule has 0 aliphatic carbocycles. The van der Waals surface area contributed by atoms with Crippen molar-refractivity contribution in [2.24, 2.45) is 0 Å². The average molecular weight is 376 g/mol. The van der Waals surface area contributed by atoms with Crippen molar-refractivity contribution < 1.29 is 19.0 Å². The van der Waals surface area contributed by atoms with E-state index in [2.05, 4.69) is 18.7 Å². The lowest BCUT2D eigenvalue weighted by Gasteiger charge is -2.41. The Kier molecular flexibility index (Phi) is 6.15. The molecule has 1 aromatic carbocycles. The molecule has 1 aromatic rings. The molecule has 2 heterocycles. The monoisotopic (exact) mass is 376 g/mol. The number of benzene rings is 1.